The average molecular weight is 334 g/mol. The minimum atomic E-state index is -3.29. The number of carboxylic acid groups (broad SMARTS) is 1. The van der Waals surface area contributed by atoms with Crippen LogP contribution in [-0.4, -0.2) is 49.8 Å². The molecule has 5 nitrogen and oxygen atoms in total. The van der Waals surface area contributed by atoms with Crippen molar-refractivity contribution in [2.75, 3.05) is 25.4 Å². The fraction of sp³-hybridized carbons (Fsp3) is 0.500. The molecule has 1 aromatic carbocycles. The van der Waals surface area contributed by atoms with Gasteiger partial charge in [-0.25, -0.2) is 8.42 Å². The van der Waals surface area contributed by atoms with E-state index in [9.17, 15) is 13.2 Å². The Hall–Kier alpha value is -1.11. The molecule has 1 N–H and O–H groups in total. The van der Waals surface area contributed by atoms with E-state index in [2.05, 4.69) is 0 Å². The highest BCUT2D eigenvalue weighted by Crippen LogP contribution is 2.17. The first-order valence-electron chi connectivity index (χ1n) is 6.72. The molecule has 0 radical (unpaired) electrons. The summed E-state index contributed by atoms with van der Waals surface area (Å²) in [5.74, 6) is -1.13. The molecule has 0 aromatic heterocycles. The molecule has 1 heterocycles. The predicted molar refractivity (Wildman–Crippen MR) is 82.5 cm³/mol. The van der Waals surface area contributed by atoms with Gasteiger partial charge in [-0.1, -0.05) is 18.2 Å². The largest absolute Gasteiger partial charge is 0.481 e. The van der Waals surface area contributed by atoms with Gasteiger partial charge in [-0.15, -0.1) is 12.4 Å². The fourth-order valence-electron chi connectivity index (χ4n) is 2.46. The SMILES string of the molecule is Cl.O=C(O)C1CCCN(CCS(=O)(=O)c2ccccc2)C1. The zero-order chi connectivity index (χ0) is 14.6. The first kappa shape index (κ1) is 17.9. The smallest absolute Gasteiger partial charge is 0.307 e. The standard InChI is InChI=1S/C14H19NO4S.ClH/c16-14(17)12-5-4-8-15(11-12)9-10-20(18,19)13-6-2-1-3-7-13;/h1-3,6-7,12H,4-5,8-11H2,(H,16,17);1H. The Morgan fingerprint density at radius 1 is 1.29 bits per heavy atom. The monoisotopic (exact) mass is 333 g/mol. The molecule has 118 valence electrons. The summed E-state index contributed by atoms with van der Waals surface area (Å²) in [6.45, 7) is 1.61. The van der Waals surface area contributed by atoms with Gasteiger partial charge in [0.25, 0.3) is 0 Å². The molecule has 21 heavy (non-hydrogen) atoms. The molecule has 0 bridgehead atoms. The van der Waals surface area contributed by atoms with Gasteiger partial charge in [0.1, 0.15) is 0 Å². The molecular weight excluding hydrogens is 314 g/mol. The molecule has 2 rings (SSSR count). The molecule has 1 aliphatic heterocycles. The van der Waals surface area contributed by atoms with Crippen molar-refractivity contribution in [2.24, 2.45) is 5.92 Å². The Morgan fingerprint density at radius 2 is 1.95 bits per heavy atom. The van der Waals surface area contributed by atoms with Gasteiger partial charge < -0.3 is 10.0 Å². The van der Waals surface area contributed by atoms with Crippen LogP contribution in [0.2, 0.25) is 0 Å². The van der Waals surface area contributed by atoms with Crippen molar-refractivity contribution < 1.29 is 18.3 Å². The van der Waals surface area contributed by atoms with Crippen LogP contribution in [0.3, 0.4) is 0 Å². The van der Waals surface area contributed by atoms with Crippen molar-refractivity contribution >= 4 is 28.2 Å². The van der Waals surface area contributed by atoms with E-state index in [4.69, 9.17) is 5.11 Å². The average Bonchev–Trinajstić information content (AvgIpc) is 2.46. The fourth-order valence-corrected chi connectivity index (χ4v) is 3.76. The number of hydrogen-bond donors (Lipinski definition) is 1. The molecule has 1 atom stereocenters. The number of likely N-dealkylation sites (tertiary alicyclic amines) is 1. The highest BCUT2D eigenvalue weighted by molar-refractivity contribution is 7.91. The Kier molecular flexibility index (Phi) is 6.64. The van der Waals surface area contributed by atoms with Crippen molar-refractivity contribution in [3.8, 4) is 0 Å². The third kappa shape index (κ3) is 4.98. The summed E-state index contributed by atoms with van der Waals surface area (Å²) in [6.07, 6.45) is 1.49. The topological polar surface area (TPSA) is 74.7 Å². The summed E-state index contributed by atoms with van der Waals surface area (Å²) in [6, 6.07) is 8.36. The molecule has 1 aromatic rings. The minimum absolute atomic E-state index is 0. The normalized spacial score (nSPS) is 19.7. The lowest BCUT2D eigenvalue weighted by atomic mass is 9.98. The maximum absolute atomic E-state index is 12.1. The number of benzene rings is 1. The van der Waals surface area contributed by atoms with Gasteiger partial charge in [-0.05, 0) is 31.5 Å². The van der Waals surface area contributed by atoms with E-state index in [1.165, 1.54) is 0 Å². The van der Waals surface area contributed by atoms with Crippen LogP contribution in [0.4, 0.5) is 0 Å². The lowest BCUT2D eigenvalue weighted by molar-refractivity contribution is -0.143. The number of nitrogens with zero attached hydrogens (tertiary/aromatic N) is 1. The van der Waals surface area contributed by atoms with Crippen LogP contribution in [0, 0.1) is 5.92 Å². The Balaban J connectivity index is 0.00000220. The maximum Gasteiger partial charge on any atom is 0.307 e. The van der Waals surface area contributed by atoms with Gasteiger partial charge in [0.05, 0.1) is 16.6 Å². The van der Waals surface area contributed by atoms with Crippen LogP contribution in [0.5, 0.6) is 0 Å². The van der Waals surface area contributed by atoms with Gasteiger partial charge in [0.2, 0.25) is 0 Å². The van der Waals surface area contributed by atoms with Crippen LogP contribution in [0.1, 0.15) is 12.8 Å². The zero-order valence-corrected chi connectivity index (χ0v) is 13.3. The molecule has 0 saturated carbocycles. The maximum atomic E-state index is 12.1. The van der Waals surface area contributed by atoms with E-state index in [-0.39, 0.29) is 24.1 Å². The number of carboxylic acids is 1. The van der Waals surface area contributed by atoms with Crippen molar-refractivity contribution in [3.05, 3.63) is 30.3 Å². The summed E-state index contributed by atoms with van der Waals surface area (Å²) in [4.78, 5) is 13.2. The van der Waals surface area contributed by atoms with Crippen LogP contribution >= 0.6 is 12.4 Å². The Bertz CT molecular complexity index is 562. The number of aliphatic carboxylic acids is 1. The molecule has 7 heteroatoms. The Morgan fingerprint density at radius 3 is 2.57 bits per heavy atom. The second kappa shape index (κ2) is 7.77. The minimum Gasteiger partial charge on any atom is -0.481 e. The molecule has 1 fully saturated rings. The van der Waals surface area contributed by atoms with Gasteiger partial charge in [-0.2, -0.15) is 0 Å². The molecule has 0 spiro atoms. The number of halogens is 1. The van der Waals surface area contributed by atoms with E-state index < -0.39 is 15.8 Å². The molecule has 1 saturated heterocycles. The molecule has 1 aliphatic rings. The van der Waals surface area contributed by atoms with Gasteiger partial charge in [-0.3, -0.25) is 4.79 Å². The number of rotatable bonds is 5. The third-order valence-electron chi connectivity index (χ3n) is 3.63. The van der Waals surface area contributed by atoms with Gasteiger partial charge in [0.15, 0.2) is 9.84 Å². The highest BCUT2D eigenvalue weighted by Gasteiger charge is 2.26. The predicted octanol–water partition coefficient (Wildman–Crippen LogP) is 1.68. The van der Waals surface area contributed by atoms with Gasteiger partial charge >= 0.3 is 5.97 Å². The number of piperidine rings is 1. The van der Waals surface area contributed by atoms with Crippen LogP contribution in [0.15, 0.2) is 35.2 Å². The molecular formula is C14H20ClNO4S. The van der Waals surface area contributed by atoms with Crippen LogP contribution in [0.25, 0.3) is 0 Å². The lowest BCUT2D eigenvalue weighted by Crippen LogP contribution is -2.40. The van der Waals surface area contributed by atoms with Crippen molar-refractivity contribution in [3.63, 3.8) is 0 Å². The van der Waals surface area contributed by atoms with E-state index in [0.29, 0.717) is 24.4 Å². The van der Waals surface area contributed by atoms with Crippen molar-refractivity contribution in [1.29, 1.82) is 0 Å². The molecule has 0 aliphatic carbocycles. The number of hydrogen-bond acceptors (Lipinski definition) is 4. The van der Waals surface area contributed by atoms with E-state index in [1.807, 2.05) is 4.90 Å². The third-order valence-corrected chi connectivity index (χ3v) is 5.34. The summed E-state index contributed by atoms with van der Waals surface area (Å²) >= 11 is 0. The highest BCUT2D eigenvalue weighted by atomic mass is 35.5. The molecule has 1 unspecified atom stereocenters. The van der Waals surface area contributed by atoms with Crippen molar-refractivity contribution in [2.45, 2.75) is 17.7 Å². The van der Waals surface area contributed by atoms with Crippen LogP contribution < -0.4 is 0 Å². The number of sulfone groups is 1. The Labute approximate surface area is 131 Å². The van der Waals surface area contributed by atoms with Gasteiger partial charge in [0, 0.05) is 13.1 Å². The molecule has 0 amide bonds. The van der Waals surface area contributed by atoms with Crippen LogP contribution in [-0.2, 0) is 14.6 Å². The lowest BCUT2D eigenvalue weighted by Gasteiger charge is -2.30. The second-order valence-electron chi connectivity index (χ2n) is 5.11. The second-order valence-corrected chi connectivity index (χ2v) is 7.22. The van der Waals surface area contributed by atoms with E-state index in [1.54, 1.807) is 30.3 Å². The summed E-state index contributed by atoms with van der Waals surface area (Å²) in [5, 5.41) is 9.02. The summed E-state index contributed by atoms with van der Waals surface area (Å²) in [5.41, 5.74) is 0. The first-order chi connectivity index (χ1) is 9.49. The number of carbonyl (C=O) groups is 1. The van der Waals surface area contributed by atoms with E-state index in [0.717, 1.165) is 13.0 Å². The van der Waals surface area contributed by atoms with Crippen molar-refractivity contribution in [1.82, 2.24) is 4.90 Å². The quantitative estimate of drug-likeness (QED) is 0.887. The summed E-state index contributed by atoms with van der Waals surface area (Å²) in [7, 11) is -3.29. The first-order valence-corrected chi connectivity index (χ1v) is 8.37. The summed E-state index contributed by atoms with van der Waals surface area (Å²) < 4.78 is 24.3. The zero-order valence-electron chi connectivity index (χ0n) is 11.6. The van der Waals surface area contributed by atoms with E-state index >= 15 is 0 Å².